The number of carbonyl (C=O) groups is 1. The predicted octanol–water partition coefficient (Wildman–Crippen LogP) is 3.39. The van der Waals surface area contributed by atoms with Gasteiger partial charge in [0.05, 0.1) is 12.1 Å². The molecular weight excluding hydrogens is 290 g/mol. The lowest BCUT2D eigenvalue weighted by Gasteiger charge is -2.12. The first-order valence-electron chi connectivity index (χ1n) is 8.24. The highest BCUT2D eigenvalue weighted by Gasteiger charge is 2.17. The van der Waals surface area contributed by atoms with E-state index in [-0.39, 0.29) is 18.1 Å². The quantitative estimate of drug-likeness (QED) is 0.889. The second kappa shape index (κ2) is 7.42. The van der Waals surface area contributed by atoms with Gasteiger partial charge < -0.3 is 10.1 Å². The van der Waals surface area contributed by atoms with Gasteiger partial charge in [-0.2, -0.15) is 5.10 Å². The van der Waals surface area contributed by atoms with Crippen LogP contribution in [0.15, 0.2) is 42.6 Å². The topological polar surface area (TPSA) is 56.2 Å². The molecule has 2 heterocycles. The van der Waals surface area contributed by atoms with E-state index >= 15 is 0 Å². The Bertz CT molecular complexity index is 633. The molecule has 1 saturated heterocycles. The summed E-state index contributed by atoms with van der Waals surface area (Å²) in [6.45, 7) is 2.92. The largest absolute Gasteiger partial charge is 0.378 e. The van der Waals surface area contributed by atoms with Crippen molar-refractivity contribution in [3.05, 3.63) is 48.2 Å². The molecule has 0 saturated carbocycles. The zero-order valence-electron chi connectivity index (χ0n) is 13.4. The summed E-state index contributed by atoms with van der Waals surface area (Å²) >= 11 is 0. The molecule has 1 amide bonds. The van der Waals surface area contributed by atoms with Crippen molar-refractivity contribution in [2.75, 3.05) is 11.9 Å². The van der Waals surface area contributed by atoms with Crippen molar-refractivity contribution in [2.24, 2.45) is 0 Å². The first kappa shape index (κ1) is 15.7. The Morgan fingerprint density at radius 3 is 2.96 bits per heavy atom. The average molecular weight is 313 g/mol. The van der Waals surface area contributed by atoms with Gasteiger partial charge in [0.15, 0.2) is 5.82 Å². The van der Waals surface area contributed by atoms with Crippen LogP contribution in [0.25, 0.3) is 0 Å². The van der Waals surface area contributed by atoms with Crippen molar-refractivity contribution in [1.29, 1.82) is 0 Å². The van der Waals surface area contributed by atoms with Gasteiger partial charge >= 0.3 is 0 Å². The molecule has 0 spiro atoms. The van der Waals surface area contributed by atoms with Crippen LogP contribution in [0.2, 0.25) is 0 Å². The van der Waals surface area contributed by atoms with Gasteiger partial charge in [-0.25, -0.2) is 0 Å². The molecule has 3 rings (SSSR count). The Morgan fingerprint density at radius 1 is 1.39 bits per heavy atom. The third kappa shape index (κ3) is 4.20. The number of hydrogen-bond acceptors (Lipinski definition) is 3. The van der Waals surface area contributed by atoms with Crippen LogP contribution in [0.5, 0.6) is 0 Å². The minimum absolute atomic E-state index is 0.00175. The lowest BCUT2D eigenvalue weighted by atomic mass is 10.1. The van der Waals surface area contributed by atoms with Crippen LogP contribution >= 0.6 is 0 Å². The van der Waals surface area contributed by atoms with Crippen LogP contribution in [0, 0.1) is 0 Å². The second-order valence-electron chi connectivity index (χ2n) is 5.99. The summed E-state index contributed by atoms with van der Waals surface area (Å²) in [5.74, 6) is 0.600. The molecule has 2 aromatic rings. The highest BCUT2D eigenvalue weighted by Crippen LogP contribution is 2.19. The molecule has 2 atom stereocenters. The normalized spacial score (nSPS) is 18.7. The van der Waals surface area contributed by atoms with Crippen LogP contribution in [0.1, 0.15) is 44.2 Å². The van der Waals surface area contributed by atoms with Crippen LogP contribution in [0.4, 0.5) is 5.82 Å². The fourth-order valence-electron chi connectivity index (χ4n) is 2.87. The Hall–Kier alpha value is -2.14. The van der Waals surface area contributed by atoms with Gasteiger partial charge in [0.1, 0.15) is 0 Å². The Labute approximate surface area is 136 Å². The predicted molar refractivity (Wildman–Crippen MR) is 89.3 cm³/mol. The van der Waals surface area contributed by atoms with Crippen LogP contribution < -0.4 is 5.32 Å². The molecule has 1 N–H and O–H groups in total. The van der Waals surface area contributed by atoms with E-state index in [4.69, 9.17) is 4.74 Å². The number of ether oxygens (including phenoxy) is 1. The van der Waals surface area contributed by atoms with Crippen molar-refractivity contribution in [3.8, 4) is 0 Å². The third-order valence-corrected chi connectivity index (χ3v) is 4.27. The van der Waals surface area contributed by atoms with Gasteiger partial charge in [-0.1, -0.05) is 30.3 Å². The molecule has 5 heteroatoms. The number of anilines is 1. The van der Waals surface area contributed by atoms with E-state index in [1.165, 1.54) is 5.56 Å². The van der Waals surface area contributed by atoms with Gasteiger partial charge in [0.2, 0.25) is 5.91 Å². The van der Waals surface area contributed by atoms with Gasteiger partial charge in [-0.15, -0.1) is 0 Å². The van der Waals surface area contributed by atoms with E-state index in [2.05, 4.69) is 29.5 Å². The number of nitrogens with zero attached hydrogens (tertiary/aromatic N) is 2. The molecule has 0 radical (unpaired) electrons. The number of nitrogens with one attached hydrogen (secondary N) is 1. The van der Waals surface area contributed by atoms with E-state index in [1.54, 1.807) is 0 Å². The van der Waals surface area contributed by atoms with Gasteiger partial charge in [-0.05, 0) is 31.7 Å². The first-order chi connectivity index (χ1) is 11.2. The molecule has 23 heavy (non-hydrogen) atoms. The molecular formula is C18H23N3O2. The zero-order valence-corrected chi connectivity index (χ0v) is 13.4. The molecule has 0 unspecified atom stereocenters. The maximum Gasteiger partial charge on any atom is 0.225 e. The average Bonchev–Trinajstić information content (AvgIpc) is 3.25. The SMILES string of the molecule is C[C@H](c1ccccc1)n1ccc(NC(=O)CC[C@H]2CCCO2)n1. The maximum absolute atomic E-state index is 12.0. The molecule has 1 aromatic carbocycles. The molecule has 1 aliphatic rings. The highest BCUT2D eigenvalue weighted by molar-refractivity contribution is 5.89. The summed E-state index contributed by atoms with van der Waals surface area (Å²) in [7, 11) is 0. The smallest absolute Gasteiger partial charge is 0.225 e. The molecule has 0 bridgehead atoms. The molecule has 122 valence electrons. The van der Waals surface area contributed by atoms with Crippen molar-refractivity contribution in [3.63, 3.8) is 0 Å². The van der Waals surface area contributed by atoms with Crippen molar-refractivity contribution >= 4 is 11.7 Å². The van der Waals surface area contributed by atoms with Gasteiger partial charge in [0.25, 0.3) is 0 Å². The van der Waals surface area contributed by atoms with Crippen molar-refractivity contribution in [2.45, 2.75) is 44.8 Å². The first-order valence-corrected chi connectivity index (χ1v) is 8.24. The molecule has 5 nitrogen and oxygen atoms in total. The monoisotopic (exact) mass is 313 g/mol. The van der Waals surface area contributed by atoms with E-state index in [0.29, 0.717) is 12.2 Å². The lowest BCUT2D eigenvalue weighted by molar-refractivity contribution is -0.116. The number of rotatable bonds is 6. The number of benzene rings is 1. The molecule has 0 aliphatic carbocycles. The van der Waals surface area contributed by atoms with Gasteiger partial charge in [0, 0.05) is 25.3 Å². The summed E-state index contributed by atoms with van der Waals surface area (Å²) in [5.41, 5.74) is 1.19. The van der Waals surface area contributed by atoms with Crippen LogP contribution in [0.3, 0.4) is 0 Å². The van der Waals surface area contributed by atoms with Gasteiger partial charge in [-0.3, -0.25) is 9.48 Å². The fourth-order valence-corrected chi connectivity index (χ4v) is 2.87. The number of amides is 1. The summed E-state index contributed by atoms with van der Waals surface area (Å²) in [5, 5.41) is 7.33. The zero-order chi connectivity index (χ0) is 16.1. The Kier molecular flexibility index (Phi) is 5.08. The maximum atomic E-state index is 12.0. The van der Waals surface area contributed by atoms with Crippen molar-refractivity contribution < 1.29 is 9.53 Å². The summed E-state index contributed by atoms with van der Waals surface area (Å²) in [4.78, 5) is 12.0. The van der Waals surface area contributed by atoms with Crippen LogP contribution in [-0.4, -0.2) is 28.4 Å². The molecule has 1 fully saturated rings. The second-order valence-corrected chi connectivity index (χ2v) is 5.99. The Morgan fingerprint density at radius 2 is 2.22 bits per heavy atom. The van der Waals surface area contributed by atoms with Crippen LogP contribution in [-0.2, 0) is 9.53 Å². The minimum atomic E-state index is -0.00175. The number of carbonyl (C=O) groups excluding carboxylic acids is 1. The minimum Gasteiger partial charge on any atom is -0.378 e. The Balaban J connectivity index is 1.53. The highest BCUT2D eigenvalue weighted by atomic mass is 16.5. The number of aromatic nitrogens is 2. The lowest BCUT2D eigenvalue weighted by Crippen LogP contribution is -2.16. The van der Waals surface area contributed by atoms with E-state index in [9.17, 15) is 4.79 Å². The summed E-state index contributed by atoms with van der Waals surface area (Å²) in [6, 6.07) is 12.2. The van der Waals surface area contributed by atoms with E-state index in [1.807, 2.05) is 35.1 Å². The molecule has 1 aromatic heterocycles. The number of hydrogen-bond donors (Lipinski definition) is 1. The van der Waals surface area contributed by atoms with E-state index in [0.717, 1.165) is 25.9 Å². The fraction of sp³-hybridized carbons (Fsp3) is 0.444. The van der Waals surface area contributed by atoms with Crippen molar-refractivity contribution in [1.82, 2.24) is 9.78 Å². The van der Waals surface area contributed by atoms with E-state index < -0.39 is 0 Å². The molecule has 1 aliphatic heterocycles. The third-order valence-electron chi connectivity index (χ3n) is 4.27. The summed E-state index contributed by atoms with van der Waals surface area (Å²) in [6.07, 6.45) is 5.58. The summed E-state index contributed by atoms with van der Waals surface area (Å²) < 4.78 is 7.40. The standard InChI is InChI=1S/C18H23N3O2/c1-14(15-6-3-2-4-7-15)21-12-11-17(20-21)19-18(22)10-9-16-8-5-13-23-16/h2-4,6-7,11-12,14,16H,5,8-10,13H2,1H3,(H,19,20,22)/t14-,16-/m1/s1.